The lowest BCUT2D eigenvalue weighted by Gasteiger charge is -2.14. The van der Waals surface area contributed by atoms with Crippen molar-refractivity contribution in [2.75, 3.05) is 25.1 Å². The third kappa shape index (κ3) is 11.3. The van der Waals surface area contributed by atoms with Crippen molar-refractivity contribution >= 4 is 93.4 Å². The molecule has 0 bridgehead atoms. The summed E-state index contributed by atoms with van der Waals surface area (Å²) in [7, 11) is -12.4. The van der Waals surface area contributed by atoms with Crippen molar-refractivity contribution in [1.82, 2.24) is 5.01 Å². The SMILES string of the molecule is CN(CCS(=O)(=O)c1ccc(N=Nc2c(S(=O)(=O)O)cc3cc(SOOO)c(N=Nc4ccc(SC#COOS(=O)(=O)O)cc4)c(N)c3c2O)cc1)N=O. The number of phenolic OH excluding ortho intramolecular Hbond substituents is 1. The van der Waals surface area contributed by atoms with E-state index in [2.05, 4.69) is 49.6 Å². The second-order valence-electron chi connectivity index (χ2n) is 10.1. The zero-order chi connectivity index (χ0) is 39.7. The number of thioether (sulfide) groups is 1. The van der Waals surface area contributed by atoms with Crippen LogP contribution in [0.4, 0.5) is 28.4 Å². The Morgan fingerprint density at radius 1 is 0.889 bits per heavy atom. The van der Waals surface area contributed by atoms with Crippen LogP contribution < -0.4 is 5.73 Å². The molecule has 0 atom stereocenters. The van der Waals surface area contributed by atoms with E-state index in [1.807, 2.05) is 6.11 Å². The van der Waals surface area contributed by atoms with Gasteiger partial charge in [0.25, 0.3) is 10.1 Å². The number of nitrogen functional groups attached to an aromatic ring is 1. The fourth-order valence-electron chi connectivity index (χ4n) is 4.11. The predicted octanol–water partition coefficient (Wildman–Crippen LogP) is 5.78. The molecule has 0 saturated carbocycles. The van der Waals surface area contributed by atoms with Gasteiger partial charge in [-0.15, -0.1) is 19.5 Å². The van der Waals surface area contributed by atoms with Crippen molar-refractivity contribution < 1.29 is 63.3 Å². The smallest absolute Gasteiger partial charge is 0.433 e. The van der Waals surface area contributed by atoms with E-state index in [4.69, 9.17) is 15.5 Å². The van der Waals surface area contributed by atoms with Crippen molar-refractivity contribution in [3.05, 3.63) is 65.6 Å². The summed E-state index contributed by atoms with van der Waals surface area (Å²) >= 11 is 1.26. The van der Waals surface area contributed by atoms with Crippen LogP contribution in [-0.4, -0.2) is 69.1 Å². The maximum atomic E-state index is 12.6. The summed E-state index contributed by atoms with van der Waals surface area (Å²) in [6, 6.07) is 13.0. The lowest BCUT2D eigenvalue weighted by molar-refractivity contribution is -0.432. The van der Waals surface area contributed by atoms with Gasteiger partial charge in [-0.3, -0.25) is 19.0 Å². The summed E-state index contributed by atoms with van der Waals surface area (Å²) in [5, 5.41) is 45.2. The van der Waals surface area contributed by atoms with Gasteiger partial charge in [-0.05, 0) is 82.1 Å². The Hall–Kier alpha value is -4.99. The number of nitrogens with two attached hydrogens (primary N) is 1. The van der Waals surface area contributed by atoms with E-state index in [1.165, 1.54) is 49.5 Å². The molecule has 0 aliphatic carbocycles. The van der Waals surface area contributed by atoms with Crippen LogP contribution in [0, 0.1) is 16.3 Å². The first-order chi connectivity index (χ1) is 25.4. The number of azo groups is 2. The summed E-state index contributed by atoms with van der Waals surface area (Å²) in [4.78, 5) is 14.0. The molecule has 6 N–H and O–H groups in total. The average Bonchev–Trinajstić information content (AvgIpc) is 3.11. The molecule has 0 aromatic heterocycles. The van der Waals surface area contributed by atoms with Crippen LogP contribution in [0.5, 0.6) is 5.75 Å². The normalized spacial score (nSPS) is 12.2. The number of anilines is 1. The first-order valence-corrected chi connectivity index (χ1v) is 20.0. The molecular formula is C27H23N7O15S5. The van der Waals surface area contributed by atoms with Gasteiger partial charge in [0.15, 0.2) is 21.7 Å². The number of sulfone groups is 1. The number of rotatable bonds is 16. The summed E-state index contributed by atoms with van der Waals surface area (Å²) < 4.78 is 97.5. The second-order valence-corrected chi connectivity index (χ2v) is 16.2. The molecule has 4 aromatic rings. The van der Waals surface area contributed by atoms with Crippen LogP contribution in [0.25, 0.3) is 10.8 Å². The van der Waals surface area contributed by atoms with Crippen LogP contribution >= 0.6 is 23.8 Å². The molecule has 0 radical (unpaired) electrons. The van der Waals surface area contributed by atoms with Crippen LogP contribution in [0.1, 0.15) is 0 Å². The van der Waals surface area contributed by atoms with E-state index < -0.39 is 52.4 Å². The predicted molar refractivity (Wildman–Crippen MR) is 190 cm³/mol. The van der Waals surface area contributed by atoms with Crippen LogP contribution in [0.3, 0.4) is 0 Å². The number of fused-ring (bicyclic) bond motifs is 1. The topological polar surface area (TPSA) is 328 Å². The summed E-state index contributed by atoms with van der Waals surface area (Å²) in [5.74, 6) is -1.28. The van der Waals surface area contributed by atoms with Gasteiger partial charge in [0.05, 0.1) is 61.9 Å². The molecule has 286 valence electrons. The van der Waals surface area contributed by atoms with Gasteiger partial charge >= 0.3 is 10.4 Å². The van der Waals surface area contributed by atoms with E-state index in [-0.39, 0.29) is 49.9 Å². The lowest BCUT2D eigenvalue weighted by atomic mass is 10.1. The van der Waals surface area contributed by atoms with Crippen molar-refractivity contribution in [2.45, 2.75) is 19.6 Å². The van der Waals surface area contributed by atoms with Gasteiger partial charge in [0.2, 0.25) is 0 Å². The molecule has 54 heavy (non-hydrogen) atoms. The zero-order valence-corrected chi connectivity index (χ0v) is 30.9. The van der Waals surface area contributed by atoms with E-state index in [0.717, 1.165) is 22.8 Å². The molecule has 0 aliphatic heterocycles. The molecule has 4 rings (SSSR count). The van der Waals surface area contributed by atoms with Gasteiger partial charge < -0.3 is 10.8 Å². The Morgan fingerprint density at radius 2 is 1.50 bits per heavy atom. The largest absolute Gasteiger partial charge is 0.505 e. The maximum Gasteiger partial charge on any atom is 0.433 e. The molecule has 0 saturated heterocycles. The van der Waals surface area contributed by atoms with E-state index in [1.54, 1.807) is 12.1 Å². The highest BCUT2D eigenvalue weighted by Crippen LogP contribution is 2.49. The molecular weight excluding hydrogens is 823 g/mol. The standard InChI is InChI=1S/C27H23N7O15S5/c1-34(33-36)10-13-52(38,39)20-8-4-18(5-9-20)30-32-26-22(53(40,41)42)15-16-14-21(51-48-47-37)25(24(28)23(16)27(26)35)31-29-17-2-6-19(7-3-17)50-12-11-46-49-54(43,44)45/h2-9,14-15,35,37H,10,13,28H2,1H3,(H,40,41,42)(H,43,44,45). The van der Waals surface area contributed by atoms with Gasteiger partial charge in [0, 0.05) is 17.2 Å². The fraction of sp³-hybridized carbons (Fsp3) is 0.111. The number of nitroso groups, excluding NO2 is 1. The van der Waals surface area contributed by atoms with Crippen LogP contribution in [0.15, 0.2) is 106 Å². The Kier molecular flexibility index (Phi) is 13.8. The highest BCUT2D eigenvalue weighted by molar-refractivity contribution is 8.04. The third-order valence-corrected chi connectivity index (χ3v) is 10.6. The Labute approximate surface area is 313 Å². The van der Waals surface area contributed by atoms with E-state index >= 15 is 0 Å². The molecule has 0 aliphatic rings. The van der Waals surface area contributed by atoms with Crippen LogP contribution in [0.2, 0.25) is 0 Å². The molecule has 4 aromatic carbocycles. The van der Waals surface area contributed by atoms with E-state index in [0.29, 0.717) is 16.9 Å². The maximum absolute atomic E-state index is 12.6. The number of hydrogen-bond donors (Lipinski definition) is 5. The fourth-order valence-corrected chi connectivity index (χ4v) is 7.15. The number of nitrogens with zero attached hydrogens (tertiary/aromatic N) is 6. The Bertz CT molecular complexity index is 2490. The summed E-state index contributed by atoms with van der Waals surface area (Å²) in [6.07, 6.45) is 1.89. The number of hydrogen-bond acceptors (Lipinski definition) is 21. The highest BCUT2D eigenvalue weighted by atomic mass is 32.3. The Balaban J connectivity index is 1.71. The highest BCUT2D eigenvalue weighted by Gasteiger charge is 2.26. The van der Waals surface area contributed by atoms with Gasteiger partial charge in [-0.1, -0.05) is 5.04 Å². The zero-order valence-electron chi connectivity index (χ0n) is 26.8. The molecule has 27 heteroatoms. The van der Waals surface area contributed by atoms with Gasteiger partial charge in [-0.25, -0.2) is 13.7 Å². The number of benzene rings is 4. The van der Waals surface area contributed by atoms with Crippen LogP contribution in [-0.2, 0) is 48.9 Å². The number of aromatic hydroxyl groups is 1. The molecule has 0 heterocycles. The Morgan fingerprint density at radius 3 is 2.07 bits per heavy atom. The quantitative estimate of drug-likeness (QED) is 0.0103. The monoisotopic (exact) mass is 845 g/mol. The third-order valence-electron chi connectivity index (χ3n) is 6.51. The minimum absolute atomic E-state index is 0.00716. The van der Waals surface area contributed by atoms with Gasteiger partial charge in [0.1, 0.15) is 16.3 Å². The minimum Gasteiger partial charge on any atom is -0.505 e. The molecule has 0 fully saturated rings. The molecule has 0 spiro atoms. The van der Waals surface area contributed by atoms with Crippen molar-refractivity contribution in [2.24, 2.45) is 25.7 Å². The molecule has 22 nitrogen and oxygen atoms in total. The average molecular weight is 846 g/mol. The number of phenols is 1. The van der Waals surface area contributed by atoms with Crippen molar-refractivity contribution in [3.8, 4) is 17.1 Å². The van der Waals surface area contributed by atoms with Crippen molar-refractivity contribution in [1.29, 1.82) is 0 Å². The lowest BCUT2D eigenvalue weighted by Crippen LogP contribution is -2.20. The molecule has 0 unspecified atom stereocenters. The molecule has 0 amide bonds. The van der Waals surface area contributed by atoms with Gasteiger partial charge in [-0.2, -0.15) is 27.1 Å². The first kappa shape index (κ1) is 41.8. The van der Waals surface area contributed by atoms with Crippen molar-refractivity contribution in [3.63, 3.8) is 0 Å². The summed E-state index contributed by atoms with van der Waals surface area (Å²) in [5.41, 5.74) is 5.41. The first-order valence-electron chi connectivity index (χ1n) is 14.0. The van der Waals surface area contributed by atoms with E-state index in [9.17, 15) is 39.8 Å². The second kappa shape index (κ2) is 17.9. The minimum atomic E-state index is -5.08. The summed E-state index contributed by atoms with van der Waals surface area (Å²) in [6.45, 7) is -0.162.